The van der Waals surface area contributed by atoms with E-state index >= 15 is 0 Å². The number of aliphatic hydroxyl groups is 1. The molecule has 3 heterocycles. The Morgan fingerprint density at radius 2 is 2.15 bits per heavy atom. The van der Waals surface area contributed by atoms with Gasteiger partial charge in [-0.25, -0.2) is 9.97 Å². The summed E-state index contributed by atoms with van der Waals surface area (Å²) in [7, 11) is 3.92. The maximum absolute atomic E-state index is 9.63. The van der Waals surface area contributed by atoms with E-state index in [1.165, 1.54) is 0 Å². The van der Waals surface area contributed by atoms with Crippen LogP contribution in [-0.2, 0) is 20.2 Å². The molecule has 3 aromatic heterocycles. The molecule has 3 aromatic rings. The van der Waals surface area contributed by atoms with Gasteiger partial charge in [-0.1, -0.05) is 6.07 Å². The molecule has 0 bridgehead atoms. The molecule has 0 aliphatic carbocycles. The van der Waals surface area contributed by atoms with Gasteiger partial charge in [0.25, 0.3) is 0 Å². The zero-order valence-electron chi connectivity index (χ0n) is 11.6. The number of aryl methyl sites for hydroxylation is 1. The van der Waals surface area contributed by atoms with E-state index in [1.54, 1.807) is 6.20 Å². The van der Waals surface area contributed by atoms with Crippen LogP contribution in [0.25, 0.3) is 5.65 Å². The highest BCUT2D eigenvalue weighted by Gasteiger charge is 2.16. The van der Waals surface area contributed by atoms with E-state index in [2.05, 4.69) is 9.97 Å². The number of pyridine rings is 1. The molecule has 20 heavy (non-hydrogen) atoms. The molecular formula is C14H17N5O. The molecular weight excluding hydrogens is 254 g/mol. The number of aromatic nitrogens is 4. The van der Waals surface area contributed by atoms with Gasteiger partial charge in [0, 0.05) is 32.7 Å². The summed E-state index contributed by atoms with van der Waals surface area (Å²) >= 11 is 0. The lowest BCUT2D eigenvalue weighted by Gasteiger charge is -2.17. The van der Waals surface area contributed by atoms with Gasteiger partial charge in [0.1, 0.15) is 11.5 Å². The summed E-state index contributed by atoms with van der Waals surface area (Å²) in [6.07, 6.45) is 5.60. The van der Waals surface area contributed by atoms with Crippen LogP contribution >= 0.6 is 0 Å². The highest BCUT2D eigenvalue weighted by atomic mass is 16.3. The zero-order valence-corrected chi connectivity index (χ0v) is 11.6. The van der Waals surface area contributed by atoms with Gasteiger partial charge in [-0.3, -0.25) is 4.40 Å². The second kappa shape index (κ2) is 4.97. The van der Waals surface area contributed by atoms with Crippen molar-refractivity contribution in [1.29, 1.82) is 0 Å². The third-order valence-electron chi connectivity index (χ3n) is 3.42. The normalized spacial score (nSPS) is 11.2. The van der Waals surface area contributed by atoms with E-state index in [-0.39, 0.29) is 6.61 Å². The molecule has 0 aromatic carbocycles. The fourth-order valence-electron chi connectivity index (χ4n) is 2.32. The monoisotopic (exact) mass is 271 g/mol. The van der Waals surface area contributed by atoms with E-state index in [4.69, 9.17) is 0 Å². The van der Waals surface area contributed by atoms with Crippen LogP contribution in [0.4, 0.5) is 5.82 Å². The molecule has 0 spiro atoms. The van der Waals surface area contributed by atoms with E-state index < -0.39 is 0 Å². The van der Waals surface area contributed by atoms with Crippen molar-refractivity contribution in [2.24, 2.45) is 7.05 Å². The van der Waals surface area contributed by atoms with Gasteiger partial charge in [-0.2, -0.15) is 0 Å². The number of rotatable bonds is 4. The molecule has 0 radical (unpaired) electrons. The fourth-order valence-corrected chi connectivity index (χ4v) is 2.32. The summed E-state index contributed by atoms with van der Waals surface area (Å²) in [6, 6.07) is 5.79. The van der Waals surface area contributed by atoms with Crippen LogP contribution in [0.5, 0.6) is 0 Å². The Morgan fingerprint density at radius 3 is 2.85 bits per heavy atom. The number of aliphatic hydroxyl groups excluding tert-OH is 1. The number of anilines is 1. The summed E-state index contributed by atoms with van der Waals surface area (Å²) in [5.41, 5.74) is 1.62. The number of hydrogen-bond donors (Lipinski definition) is 1. The van der Waals surface area contributed by atoms with E-state index in [1.807, 2.05) is 58.6 Å². The summed E-state index contributed by atoms with van der Waals surface area (Å²) in [5, 5.41) is 9.63. The summed E-state index contributed by atoms with van der Waals surface area (Å²) in [5.74, 6) is 1.73. The predicted octanol–water partition coefficient (Wildman–Crippen LogP) is 1.20. The Kier molecular flexibility index (Phi) is 3.15. The standard InChI is InChI=1S/C14H17N5O/c1-17-8-6-15-13(17)9-18(2)14-11(10-20)19-7-4-3-5-12(19)16-14/h3-8,20H,9-10H2,1-2H3. The topological polar surface area (TPSA) is 58.6 Å². The number of fused-ring (bicyclic) bond motifs is 1. The summed E-state index contributed by atoms with van der Waals surface area (Å²) in [4.78, 5) is 10.9. The molecule has 6 heteroatoms. The number of imidazole rings is 2. The van der Waals surface area contributed by atoms with Crippen molar-refractivity contribution in [3.8, 4) is 0 Å². The Morgan fingerprint density at radius 1 is 1.30 bits per heavy atom. The average molecular weight is 271 g/mol. The minimum absolute atomic E-state index is 0.0502. The fraction of sp³-hybridized carbons (Fsp3) is 0.286. The van der Waals surface area contributed by atoms with Crippen LogP contribution in [0.15, 0.2) is 36.8 Å². The van der Waals surface area contributed by atoms with Gasteiger partial charge in [-0.15, -0.1) is 0 Å². The molecule has 0 aliphatic rings. The lowest BCUT2D eigenvalue weighted by atomic mass is 10.4. The Bertz CT molecular complexity index is 730. The lowest BCUT2D eigenvalue weighted by Crippen LogP contribution is -2.20. The first kappa shape index (κ1) is 12.7. The minimum atomic E-state index is -0.0502. The second-order valence-corrected chi connectivity index (χ2v) is 4.78. The highest BCUT2D eigenvalue weighted by molar-refractivity contribution is 5.55. The first-order chi connectivity index (χ1) is 9.70. The molecule has 0 saturated carbocycles. The number of hydrogen-bond acceptors (Lipinski definition) is 4. The van der Waals surface area contributed by atoms with Crippen LogP contribution in [0.3, 0.4) is 0 Å². The van der Waals surface area contributed by atoms with Crippen LogP contribution in [0.2, 0.25) is 0 Å². The second-order valence-electron chi connectivity index (χ2n) is 4.78. The maximum atomic E-state index is 9.63. The van der Waals surface area contributed by atoms with Gasteiger partial charge in [0.05, 0.1) is 18.8 Å². The molecule has 0 aliphatic heterocycles. The van der Waals surface area contributed by atoms with Gasteiger partial charge in [0.15, 0.2) is 5.82 Å². The molecule has 0 unspecified atom stereocenters. The Hall–Kier alpha value is -2.34. The van der Waals surface area contributed by atoms with Crippen molar-refractivity contribution in [2.45, 2.75) is 13.2 Å². The first-order valence-electron chi connectivity index (χ1n) is 6.45. The van der Waals surface area contributed by atoms with Crippen molar-refractivity contribution in [3.63, 3.8) is 0 Å². The van der Waals surface area contributed by atoms with Gasteiger partial charge in [0.2, 0.25) is 0 Å². The smallest absolute Gasteiger partial charge is 0.153 e. The first-order valence-corrected chi connectivity index (χ1v) is 6.45. The van der Waals surface area contributed by atoms with Crippen molar-refractivity contribution in [3.05, 3.63) is 48.3 Å². The highest BCUT2D eigenvalue weighted by Crippen LogP contribution is 2.21. The van der Waals surface area contributed by atoms with Crippen molar-refractivity contribution >= 4 is 11.5 Å². The van der Waals surface area contributed by atoms with Crippen molar-refractivity contribution < 1.29 is 5.11 Å². The largest absolute Gasteiger partial charge is 0.390 e. The van der Waals surface area contributed by atoms with Gasteiger partial charge in [-0.05, 0) is 12.1 Å². The number of nitrogens with zero attached hydrogens (tertiary/aromatic N) is 5. The Labute approximate surface area is 116 Å². The average Bonchev–Trinajstić information content (AvgIpc) is 3.02. The van der Waals surface area contributed by atoms with Gasteiger partial charge >= 0.3 is 0 Å². The molecule has 6 nitrogen and oxygen atoms in total. The molecule has 0 saturated heterocycles. The third kappa shape index (κ3) is 2.04. The van der Waals surface area contributed by atoms with Crippen molar-refractivity contribution in [2.75, 3.05) is 11.9 Å². The van der Waals surface area contributed by atoms with Crippen LogP contribution < -0.4 is 4.90 Å². The minimum Gasteiger partial charge on any atom is -0.390 e. The quantitative estimate of drug-likeness (QED) is 0.774. The Balaban J connectivity index is 1.98. The molecule has 0 atom stereocenters. The van der Waals surface area contributed by atoms with Crippen LogP contribution in [0.1, 0.15) is 11.5 Å². The molecule has 3 rings (SSSR count). The van der Waals surface area contributed by atoms with Crippen molar-refractivity contribution in [1.82, 2.24) is 18.9 Å². The lowest BCUT2D eigenvalue weighted by molar-refractivity contribution is 0.276. The molecule has 0 fully saturated rings. The van der Waals surface area contributed by atoms with E-state index in [0.717, 1.165) is 23.0 Å². The maximum Gasteiger partial charge on any atom is 0.153 e. The van der Waals surface area contributed by atoms with Gasteiger partial charge < -0.3 is 14.6 Å². The molecule has 0 amide bonds. The molecule has 104 valence electrons. The van der Waals surface area contributed by atoms with Crippen LogP contribution in [0, 0.1) is 0 Å². The zero-order chi connectivity index (χ0) is 14.1. The molecule has 1 N–H and O–H groups in total. The SMILES string of the molecule is CN(Cc1nccn1C)c1nc2ccccn2c1CO. The summed E-state index contributed by atoms with van der Waals surface area (Å²) in [6.45, 7) is 0.589. The predicted molar refractivity (Wildman–Crippen MR) is 76.4 cm³/mol. The van der Waals surface area contributed by atoms with Crippen LogP contribution in [-0.4, -0.2) is 31.1 Å². The summed E-state index contributed by atoms with van der Waals surface area (Å²) < 4.78 is 3.88. The van der Waals surface area contributed by atoms with E-state index in [9.17, 15) is 5.11 Å². The third-order valence-corrected chi connectivity index (χ3v) is 3.42. The van der Waals surface area contributed by atoms with E-state index in [0.29, 0.717) is 6.54 Å².